The number of amides is 2. The molecule has 1 aromatic carbocycles. The molecule has 2 amide bonds. The van der Waals surface area contributed by atoms with Gasteiger partial charge in [0.05, 0.1) is 12.1 Å². The first kappa shape index (κ1) is 21.2. The summed E-state index contributed by atoms with van der Waals surface area (Å²) in [6.07, 6.45) is -4.20. The molecule has 27 heavy (non-hydrogen) atoms. The van der Waals surface area contributed by atoms with Crippen LogP contribution in [0, 0.1) is 0 Å². The van der Waals surface area contributed by atoms with E-state index in [1.54, 1.807) is 15.9 Å². The van der Waals surface area contributed by atoms with Crippen LogP contribution in [-0.4, -0.2) is 67.9 Å². The lowest BCUT2D eigenvalue weighted by Crippen LogP contribution is -2.47. The van der Waals surface area contributed by atoms with Crippen molar-refractivity contribution in [3.8, 4) is 0 Å². The van der Waals surface area contributed by atoms with E-state index >= 15 is 0 Å². The van der Waals surface area contributed by atoms with Crippen molar-refractivity contribution in [2.45, 2.75) is 19.1 Å². The molecule has 1 aliphatic rings. The average Bonchev–Trinajstić information content (AvgIpc) is 2.66. The molecule has 0 saturated carbocycles. The van der Waals surface area contributed by atoms with Crippen molar-refractivity contribution in [3.63, 3.8) is 0 Å². The van der Waals surface area contributed by atoms with Crippen LogP contribution in [0.3, 0.4) is 0 Å². The van der Waals surface area contributed by atoms with Gasteiger partial charge in [-0.3, -0.25) is 14.5 Å². The number of nitrogens with one attached hydrogen (secondary N) is 2. The van der Waals surface area contributed by atoms with Crippen molar-refractivity contribution in [1.29, 1.82) is 0 Å². The molecule has 1 aromatic rings. The van der Waals surface area contributed by atoms with Crippen LogP contribution in [0.1, 0.15) is 17.5 Å². The SMILES string of the molecule is CNC(=O)CN(CCC(=O)N1CCNCC1)Cc1cccc(C(F)(F)F)c1. The minimum Gasteiger partial charge on any atom is -0.358 e. The molecule has 6 nitrogen and oxygen atoms in total. The van der Waals surface area contributed by atoms with Gasteiger partial charge in [0, 0.05) is 52.7 Å². The van der Waals surface area contributed by atoms with Gasteiger partial charge in [0.1, 0.15) is 0 Å². The number of rotatable bonds is 7. The molecule has 9 heteroatoms. The summed E-state index contributed by atoms with van der Waals surface area (Å²) >= 11 is 0. The predicted molar refractivity (Wildman–Crippen MR) is 94.9 cm³/mol. The van der Waals surface area contributed by atoms with Crippen LogP contribution in [0.4, 0.5) is 13.2 Å². The maximum Gasteiger partial charge on any atom is 0.416 e. The lowest BCUT2D eigenvalue weighted by atomic mass is 10.1. The number of hydrogen-bond donors (Lipinski definition) is 2. The third kappa shape index (κ3) is 6.84. The molecule has 0 bridgehead atoms. The largest absolute Gasteiger partial charge is 0.416 e. The molecule has 0 atom stereocenters. The van der Waals surface area contributed by atoms with E-state index in [0.717, 1.165) is 25.2 Å². The number of carbonyl (C=O) groups excluding carboxylic acids is 2. The van der Waals surface area contributed by atoms with Gasteiger partial charge >= 0.3 is 6.18 Å². The van der Waals surface area contributed by atoms with Crippen molar-refractivity contribution in [2.75, 3.05) is 46.3 Å². The molecule has 1 heterocycles. The van der Waals surface area contributed by atoms with Crippen LogP contribution < -0.4 is 10.6 Å². The van der Waals surface area contributed by atoms with Gasteiger partial charge in [-0.15, -0.1) is 0 Å². The van der Waals surface area contributed by atoms with E-state index < -0.39 is 11.7 Å². The first-order chi connectivity index (χ1) is 12.8. The van der Waals surface area contributed by atoms with Crippen LogP contribution in [0.5, 0.6) is 0 Å². The smallest absolute Gasteiger partial charge is 0.358 e. The number of benzene rings is 1. The lowest BCUT2D eigenvalue weighted by Gasteiger charge is -2.29. The molecule has 2 rings (SSSR count). The molecular weight excluding hydrogens is 361 g/mol. The summed E-state index contributed by atoms with van der Waals surface area (Å²) in [5.41, 5.74) is -0.278. The predicted octanol–water partition coefficient (Wildman–Crippen LogP) is 1.08. The second-order valence-electron chi connectivity index (χ2n) is 6.46. The van der Waals surface area contributed by atoms with Gasteiger partial charge in [-0.25, -0.2) is 0 Å². The summed E-state index contributed by atoms with van der Waals surface area (Å²) in [5.74, 6) is -0.265. The highest BCUT2D eigenvalue weighted by molar-refractivity contribution is 5.78. The minimum absolute atomic E-state index is 0.0116. The second kappa shape index (κ2) is 9.70. The molecule has 0 aromatic heterocycles. The first-order valence-corrected chi connectivity index (χ1v) is 8.87. The second-order valence-corrected chi connectivity index (χ2v) is 6.46. The molecule has 0 aliphatic carbocycles. The number of nitrogens with zero attached hydrogens (tertiary/aromatic N) is 2. The van der Waals surface area contributed by atoms with E-state index in [4.69, 9.17) is 0 Å². The summed E-state index contributed by atoms with van der Waals surface area (Å²) < 4.78 is 38.7. The molecule has 150 valence electrons. The summed E-state index contributed by atoms with van der Waals surface area (Å²) in [4.78, 5) is 27.5. The van der Waals surface area contributed by atoms with E-state index in [1.807, 2.05) is 0 Å². The summed E-state index contributed by atoms with van der Waals surface area (Å²) in [5, 5.41) is 5.67. The zero-order chi connectivity index (χ0) is 19.9. The van der Waals surface area contributed by atoms with Gasteiger partial charge in [0.2, 0.25) is 11.8 Å². The Morgan fingerprint density at radius 2 is 1.96 bits per heavy atom. The Morgan fingerprint density at radius 3 is 2.59 bits per heavy atom. The fourth-order valence-corrected chi connectivity index (χ4v) is 2.93. The van der Waals surface area contributed by atoms with Crippen LogP contribution >= 0.6 is 0 Å². The summed E-state index contributed by atoms with van der Waals surface area (Å²) in [6, 6.07) is 5.03. The Hall–Kier alpha value is -2.13. The molecule has 2 N–H and O–H groups in total. The van der Waals surface area contributed by atoms with Gasteiger partial charge in [0.25, 0.3) is 0 Å². The molecule has 0 unspecified atom stereocenters. The number of piperazine rings is 1. The van der Waals surface area contributed by atoms with Gasteiger partial charge < -0.3 is 15.5 Å². The number of carbonyl (C=O) groups is 2. The van der Waals surface area contributed by atoms with Crippen molar-refractivity contribution in [2.24, 2.45) is 0 Å². The highest BCUT2D eigenvalue weighted by Gasteiger charge is 2.30. The van der Waals surface area contributed by atoms with Gasteiger partial charge in [0.15, 0.2) is 0 Å². The molecule has 0 radical (unpaired) electrons. The normalized spacial score (nSPS) is 15.1. The standard InChI is InChI=1S/C18H25F3N4O2/c1-22-16(26)13-24(8-5-17(27)25-9-6-23-7-10-25)12-14-3-2-4-15(11-14)18(19,20)21/h2-4,11,23H,5-10,12-13H2,1H3,(H,22,26). The number of alkyl halides is 3. The Balaban J connectivity index is 2.01. The zero-order valence-electron chi connectivity index (χ0n) is 15.3. The quantitative estimate of drug-likeness (QED) is 0.736. The van der Waals surface area contributed by atoms with E-state index in [0.29, 0.717) is 25.2 Å². The Bertz CT molecular complexity index is 646. The van der Waals surface area contributed by atoms with Crippen molar-refractivity contribution in [3.05, 3.63) is 35.4 Å². The fourth-order valence-electron chi connectivity index (χ4n) is 2.93. The maximum atomic E-state index is 12.9. The van der Waals surface area contributed by atoms with Crippen molar-refractivity contribution in [1.82, 2.24) is 20.4 Å². The third-order valence-electron chi connectivity index (χ3n) is 4.42. The highest BCUT2D eigenvalue weighted by atomic mass is 19.4. The van der Waals surface area contributed by atoms with E-state index in [1.165, 1.54) is 13.1 Å². The van der Waals surface area contributed by atoms with Crippen LogP contribution in [-0.2, 0) is 22.3 Å². The lowest BCUT2D eigenvalue weighted by molar-refractivity contribution is -0.137. The number of likely N-dealkylation sites (N-methyl/N-ethyl adjacent to an activating group) is 1. The zero-order valence-corrected chi connectivity index (χ0v) is 15.3. The summed E-state index contributed by atoms with van der Waals surface area (Å²) in [6.45, 7) is 3.25. The monoisotopic (exact) mass is 386 g/mol. The molecule has 1 aliphatic heterocycles. The molecule has 1 fully saturated rings. The first-order valence-electron chi connectivity index (χ1n) is 8.87. The van der Waals surface area contributed by atoms with Gasteiger partial charge in [-0.1, -0.05) is 18.2 Å². The minimum atomic E-state index is -4.42. The Morgan fingerprint density at radius 1 is 1.26 bits per heavy atom. The third-order valence-corrected chi connectivity index (χ3v) is 4.42. The number of halogens is 3. The van der Waals surface area contributed by atoms with Crippen molar-refractivity contribution >= 4 is 11.8 Å². The Labute approximate surface area is 156 Å². The van der Waals surface area contributed by atoms with E-state index in [2.05, 4.69) is 10.6 Å². The van der Waals surface area contributed by atoms with Gasteiger partial charge in [-0.2, -0.15) is 13.2 Å². The molecule has 1 saturated heterocycles. The average molecular weight is 386 g/mol. The topological polar surface area (TPSA) is 64.7 Å². The fraction of sp³-hybridized carbons (Fsp3) is 0.556. The summed E-state index contributed by atoms with van der Waals surface area (Å²) in [7, 11) is 1.50. The van der Waals surface area contributed by atoms with Crippen LogP contribution in [0.25, 0.3) is 0 Å². The number of hydrogen-bond acceptors (Lipinski definition) is 4. The van der Waals surface area contributed by atoms with Crippen LogP contribution in [0.15, 0.2) is 24.3 Å². The molecular formula is C18H25F3N4O2. The highest BCUT2D eigenvalue weighted by Crippen LogP contribution is 2.29. The maximum absolute atomic E-state index is 12.9. The van der Waals surface area contributed by atoms with Crippen molar-refractivity contribution < 1.29 is 22.8 Å². The Kier molecular flexibility index (Phi) is 7.61. The van der Waals surface area contributed by atoms with Gasteiger partial charge in [-0.05, 0) is 11.6 Å². The van der Waals surface area contributed by atoms with E-state index in [-0.39, 0.29) is 31.3 Å². The van der Waals surface area contributed by atoms with E-state index in [9.17, 15) is 22.8 Å². The van der Waals surface area contributed by atoms with Crippen LogP contribution in [0.2, 0.25) is 0 Å². The molecule has 0 spiro atoms.